The van der Waals surface area contributed by atoms with Crippen LogP contribution >= 0.6 is 31.9 Å². The van der Waals surface area contributed by atoms with Crippen molar-refractivity contribution in [3.8, 4) is 17.6 Å². The molecular weight excluding hydrogens is 360 g/mol. The lowest BCUT2D eigenvalue weighted by Gasteiger charge is -2.08. The fraction of sp³-hybridized carbons (Fsp3) is 0. The molecule has 0 fully saturated rings. The molecule has 2 aromatic carbocycles. The van der Waals surface area contributed by atoms with E-state index in [1.807, 2.05) is 6.07 Å². The SMILES string of the molecule is N#Cc1ccc(Oc2cc(N)cc(Br)c2)cc1Br. The molecule has 0 aliphatic rings. The highest BCUT2D eigenvalue weighted by Gasteiger charge is 2.04. The number of anilines is 1. The second kappa shape index (κ2) is 5.42. The Morgan fingerprint density at radius 2 is 1.83 bits per heavy atom. The average molecular weight is 368 g/mol. The molecule has 0 heterocycles. The van der Waals surface area contributed by atoms with Crippen molar-refractivity contribution in [2.45, 2.75) is 0 Å². The van der Waals surface area contributed by atoms with E-state index in [-0.39, 0.29) is 0 Å². The van der Waals surface area contributed by atoms with Gasteiger partial charge in [0.1, 0.15) is 17.6 Å². The van der Waals surface area contributed by atoms with Gasteiger partial charge >= 0.3 is 0 Å². The molecule has 90 valence electrons. The highest BCUT2D eigenvalue weighted by Crippen LogP contribution is 2.29. The zero-order valence-electron chi connectivity index (χ0n) is 9.15. The summed E-state index contributed by atoms with van der Waals surface area (Å²) in [5, 5.41) is 8.83. The molecule has 0 saturated heterocycles. The third-order valence-corrected chi connectivity index (χ3v) is 3.30. The van der Waals surface area contributed by atoms with Crippen molar-refractivity contribution < 1.29 is 4.74 Å². The molecule has 0 aliphatic carbocycles. The van der Waals surface area contributed by atoms with Gasteiger partial charge in [0, 0.05) is 20.7 Å². The van der Waals surface area contributed by atoms with Crippen LogP contribution in [0.15, 0.2) is 45.3 Å². The van der Waals surface area contributed by atoms with Crippen LogP contribution in [0, 0.1) is 11.3 Å². The van der Waals surface area contributed by atoms with E-state index in [1.165, 1.54) is 0 Å². The van der Waals surface area contributed by atoms with Gasteiger partial charge in [-0.1, -0.05) is 15.9 Å². The Balaban J connectivity index is 2.29. The summed E-state index contributed by atoms with van der Waals surface area (Å²) in [6.45, 7) is 0. The van der Waals surface area contributed by atoms with Gasteiger partial charge in [0.25, 0.3) is 0 Å². The predicted molar refractivity (Wildman–Crippen MR) is 77.5 cm³/mol. The zero-order chi connectivity index (χ0) is 13.1. The van der Waals surface area contributed by atoms with Gasteiger partial charge in [-0.3, -0.25) is 0 Å². The van der Waals surface area contributed by atoms with Crippen molar-refractivity contribution in [2.24, 2.45) is 0 Å². The third kappa shape index (κ3) is 3.03. The molecule has 0 saturated carbocycles. The Kier molecular flexibility index (Phi) is 3.90. The van der Waals surface area contributed by atoms with Gasteiger partial charge in [-0.2, -0.15) is 5.26 Å². The summed E-state index contributed by atoms with van der Waals surface area (Å²) in [6.07, 6.45) is 0. The lowest BCUT2D eigenvalue weighted by Crippen LogP contribution is -1.89. The predicted octanol–water partition coefficient (Wildman–Crippen LogP) is 4.46. The number of ether oxygens (including phenoxy) is 1. The number of hydrogen-bond acceptors (Lipinski definition) is 3. The van der Waals surface area contributed by atoms with Gasteiger partial charge in [-0.25, -0.2) is 0 Å². The van der Waals surface area contributed by atoms with Crippen molar-refractivity contribution in [1.29, 1.82) is 5.26 Å². The van der Waals surface area contributed by atoms with E-state index in [9.17, 15) is 0 Å². The van der Waals surface area contributed by atoms with Crippen LogP contribution in [-0.2, 0) is 0 Å². The van der Waals surface area contributed by atoms with Gasteiger partial charge in [0.2, 0.25) is 0 Å². The second-order valence-electron chi connectivity index (χ2n) is 3.58. The summed E-state index contributed by atoms with van der Waals surface area (Å²) in [6, 6.07) is 12.6. The molecule has 2 aromatic rings. The normalized spacial score (nSPS) is 9.83. The molecule has 18 heavy (non-hydrogen) atoms. The summed E-state index contributed by atoms with van der Waals surface area (Å²) < 4.78 is 7.22. The van der Waals surface area contributed by atoms with Crippen molar-refractivity contribution in [3.05, 3.63) is 50.9 Å². The minimum absolute atomic E-state index is 0.566. The fourth-order valence-corrected chi connectivity index (χ4v) is 2.37. The summed E-state index contributed by atoms with van der Waals surface area (Å²) >= 11 is 6.66. The van der Waals surface area contributed by atoms with Crippen LogP contribution < -0.4 is 10.5 Å². The molecule has 0 spiro atoms. The molecule has 0 bridgehead atoms. The minimum atomic E-state index is 0.566. The van der Waals surface area contributed by atoms with Crippen LogP contribution in [-0.4, -0.2) is 0 Å². The van der Waals surface area contributed by atoms with Gasteiger partial charge in [-0.15, -0.1) is 0 Å². The van der Waals surface area contributed by atoms with E-state index in [0.717, 1.165) is 4.47 Å². The standard InChI is InChI=1S/C13H8Br2N2O/c14-9-3-10(17)5-12(4-9)18-11-2-1-8(7-16)13(15)6-11/h1-6H,17H2. The Morgan fingerprint density at radius 3 is 2.44 bits per heavy atom. The summed E-state index contributed by atoms with van der Waals surface area (Å²) in [5.41, 5.74) is 6.91. The van der Waals surface area contributed by atoms with Crippen LogP contribution in [0.25, 0.3) is 0 Å². The molecule has 2 rings (SSSR count). The third-order valence-electron chi connectivity index (χ3n) is 2.19. The minimum Gasteiger partial charge on any atom is -0.457 e. The number of nitrogen functional groups attached to an aromatic ring is 1. The molecule has 3 nitrogen and oxygen atoms in total. The number of hydrogen-bond donors (Lipinski definition) is 1. The summed E-state index contributed by atoms with van der Waals surface area (Å²) in [5.74, 6) is 1.27. The maximum absolute atomic E-state index is 8.83. The average Bonchev–Trinajstić information content (AvgIpc) is 2.27. The number of nitrogens with two attached hydrogens (primary N) is 1. The van der Waals surface area contributed by atoms with E-state index >= 15 is 0 Å². The smallest absolute Gasteiger partial charge is 0.130 e. The second-order valence-corrected chi connectivity index (χ2v) is 5.35. The maximum atomic E-state index is 8.83. The van der Waals surface area contributed by atoms with E-state index in [0.29, 0.717) is 27.2 Å². The van der Waals surface area contributed by atoms with E-state index in [2.05, 4.69) is 37.9 Å². The number of benzene rings is 2. The Hall–Kier alpha value is -1.51. The zero-order valence-corrected chi connectivity index (χ0v) is 12.3. The largest absolute Gasteiger partial charge is 0.457 e. The first-order chi connectivity index (χ1) is 8.58. The van der Waals surface area contributed by atoms with Gasteiger partial charge in [-0.05, 0) is 46.3 Å². The van der Waals surface area contributed by atoms with Crippen LogP contribution in [0.1, 0.15) is 5.56 Å². The maximum Gasteiger partial charge on any atom is 0.130 e. The number of rotatable bonds is 2. The Morgan fingerprint density at radius 1 is 1.06 bits per heavy atom. The molecule has 0 radical (unpaired) electrons. The molecule has 2 N–H and O–H groups in total. The van der Waals surface area contributed by atoms with E-state index in [1.54, 1.807) is 30.3 Å². The van der Waals surface area contributed by atoms with Crippen LogP contribution in [0.5, 0.6) is 11.5 Å². The lowest BCUT2D eigenvalue weighted by molar-refractivity contribution is 0.482. The van der Waals surface area contributed by atoms with Gasteiger partial charge < -0.3 is 10.5 Å². The van der Waals surface area contributed by atoms with E-state index < -0.39 is 0 Å². The summed E-state index contributed by atoms with van der Waals surface area (Å²) in [4.78, 5) is 0. The molecular formula is C13H8Br2N2O. The summed E-state index contributed by atoms with van der Waals surface area (Å²) in [7, 11) is 0. The van der Waals surface area contributed by atoms with Crippen molar-refractivity contribution in [1.82, 2.24) is 0 Å². The molecule has 0 amide bonds. The van der Waals surface area contributed by atoms with Crippen molar-refractivity contribution in [2.75, 3.05) is 5.73 Å². The topological polar surface area (TPSA) is 59.0 Å². The quantitative estimate of drug-likeness (QED) is 0.797. The highest BCUT2D eigenvalue weighted by atomic mass is 79.9. The first-order valence-corrected chi connectivity index (χ1v) is 6.60. The molecule has 0 aliphatic heterocycles. The first kappa shape index (κ1) is 12.9. The molecule has 0 atom stereocenters. The van der Waals surface area contributed by atoms with Crippen LogP contribution in [0.4, 0.5) is 5.69 Å². The first-order valence-electron chi connectivity index (χ1n) is 5.02. The molecule has 5 heteroatoms. The van der Waals surface area contributed by atoms with Gasteiger partial charge in [0.15, 0.2) is 0 Å². The molecule has 0 aromatic heterocycles. The number of nitrogens with zero attached hydrogens (tertiary/aromatic N) is 1. The lowest BCUT2D eigenvalue weighted by atomic mass is 10.2. The van der Waals surface area contributed by atoms with Crippen LogP contribution in [0.2, 0.25) is 0 Å². The Bertz CT molecular complexity index is 615. The highest BCUT2D eigenvalue weighted by molar-refractivity contribution is 9.10. The van der Waals surface area contributed by atoms with Crippen molar-refractivity contribution >= 4 is 37.5 Å². The Labute approximate surface area is 121 Å². The number of nitriles is 1. The number of halogens is 2. The van der Waals surface area contributed by atoms with Gasteiger partial charge in [0.05, 0.1) is 5.56 Å². The van der Waals surface area contributed by atoms with E-state index in [4.69, 9.17) is 15.7 Å². The molecule has 0 unspecified atom stereocenters. The van der Waals surface area contributed by atoms with Crippen LogP contribution in [0.3, 0.4) is 0 Å². The monoisotopic (exact) mass is 366 g/mol. The van der Waals surface area contributed by atoms with Crippen molar-refractivity contribution in [3.63, 3.8) is 0 Å². The fourth-order valence-electron chi connectivity index (χ4n) is 1.43.